The largest absolute Gasteiger partial charge is 0.468 e. The summed E-state index contributed by atoms with van der Waals surface area (Å²) in [6.07, 6.45) is 4.29. The van der Waals surface area contributed by atoms with Crippen molar-refractivity contribution in [3.8, 4) is 0 Å². The molecule has 0 bridgehead atoms. The Hall–Kier alpha value is -0.900. The van der Waals surface area contributed by atoms with Crippen molar-refractivity contribution in [2.75, 3.05) is 13.7 Å². The third-order valence-electron chi connectivity index (χ3n) is 3.92. The van der Waals surface area contributed by atoms with Crippen LogP contribution in [0, 0.1) is 11.8 Å². The lowest BCUT2D eigenvalue weighted by Crippen LogP contribution is -2.40. The van der Waals surface area contributed by atoms with E-state index >= 15 is 0 Å². The predicted octanol–water partition coefficient (Wildman–Crippen LogP) is 0.897. The van der Waals surface area contributed by atoms with Gasteiger partial charge in [-0.3, -0.25) is 9.59 Å². The van der Waals surface area contributed by atoms with Crippen molar-refractivity contribution in [2.45, 2.75) is 38.1 Å². The van der Waals surface area contributed by atoms with Crippen LogP contribution < -0.4 is 5.32 Å². The first kappa shape index (κ1) is 11.6. The highest BCUT2D eigenvalue weighted by Gasteiger charge is 2.39. The Labute approximate surface area is 95.7 Å². The molecule has 0 amide bonds. The summed E-state index contributed by atoms with van der Waals surface area (Å²) in [4.78, 5) is 22.8. The van der Waals surface area contributed by atoms with Crippen molar-refractivity contribution >= 4 is 11.8 Å². The molecule has 1 aliphatic carbocycles. The van der Waals surface area contributed by atoms with E-state index in [4.69, 9.17) is 4.74 Å². The zero-order chi connectivity index (χ0) is 11.5. The van der Waals surface area contributed by atoms with Crippen LogP contribution in [-0.2, 0) is 14.3 Å². The van der Waals surface area contributed by atoms with Crippen LogP contribution >= 0.6 is 0 Å². The fraction of sp³-hybridized carbons (Fsp3) is 0.833. The predicted molar refractivity (Wildman–Crippen MR) is 58.9 cm³/mol. The van der Waals surface area contributed by atoms with E-state index in [1.807, 2.05) is 0 Å². The first-order valence-electron chi connectivity index (χ1n) is 6.05. The van der Waals surface area contributed by atoms with Gasteiger partial charge in [-0.2, -0.15) is 0 Å². The van der Waals surface area contributed by atoms with Gasteiger partial charge in [0.1, 0.15) is 11.8 Å². The molecule has 1 N–H and O–H groups in total. The summed E-state index contributed by atoms with van der Waals surface area (Å²) in [5.41, 5.74) is 0. The molecule has 2 rings (SSSR count). The Morgan fingerprint density at radius 3 is 2.62 bits per heavy atom. The summed E-state index contributed by atoms with van der Waals surface area (Å²) in [6.45, 7) is 0.884. The number of carbonyl (C=O) groups excluding carboxylic acids is 2. The number of Topliss-reactive ketones (excluding diaryl/α,β-unsaturated/α-hetero) is 1. The van der Waals surface area contributed by atoms with Crippen molar-refractivity contribution in [3.05, 3.63) is 0 Å². The number of hydrogen-bond donors (Lipinski definition) is 1. The monoisotopic (exact) mass is 225 g/mol. The van der Waals surface area contributed by atoms with Crippen molar-refractivity contribution in [2.24, 2.45) is 11.8 Å². The van der Waals surface area contributed by atoms with Gasteiger partial charge >= 0.3 is 5.97 Å². The Morgan fingerprint density at radius 1 is 1.31 bits per heavy atom. The number of methoxy groups -OCH3 is 1. The second-order valence-corrected chi connectivity index (χ2v) is 4.78. The molecule has 90 valence electrons. The van der Waals surface area contributed by atoms with Gasteiger partial charge in [0.2, 0.25) is 0 Å². The minimum absolute atomic E-state index is 0.150. The van der Waals surface area contributed by atoms with Crippen molar-refractivity contribution in [1.82, 2.24) is 5.32 Å². The minimum Gasteiger partial charge on any atom is -0.468 e. The molecule has 0 aromatic rings. The van der Waals surface area contributed by atoms with Crippen LogP contribution in [0.15, 0.2) is 0 Å². The lowest BCUT2D eigenvalue weighted by atomic mass is 9.76. The maximum absolute atomic E-state index is 11.6. The van der Waals surface area contributed by atoms with Gasteiger partial charge in [-0.1, -0.05) is 0 Å². The lowest BCUT2D eigenvalue weighted by Gasteiger charge is -2.29. The fourth-order valence-electron chi connectivity index (χ4n) is 3.01. The topological polar surface area (TPSA) is 55.4 Å². The smallest absolute Gasteiger partial charge is 0.323 e. The SMILES string of the molecule is COC(=O)[C@H]1NCC[C@H]1C1CCC(=O)CC1. The van der Waals surface area contributed by atoms with E-state index in [2.05, 4.69) is 5.32 Å². The average molecular weight is 225 g/mol. The van der Waals surface area contributed by atoms with Crippen LogP contribution in [0.25, 0.3) is 0 Å². The molecule has 1 heterocycles. The Morgan fingerprint density at radius 2 is 2.00 bits per heavy atom. The third-order valence-corrected chi connectivity index (χ3v) is 3.92. The van der Waals surface area contributed by atoms with Crippen LogP contribution in [0.5, 0.6) is 0 Å². The zero-order valence-corrected chi connectivity index (χ0v) is 9.70. The second-order valence-electron chi connectivity index (χ2n) is 4.78. The molecule has 0 aromatic carbocycles. The van der Waals surface area contributed by atoms with E-state index in [0.717, 1.165) is 25.8 Å². The van der Waals surface area contributed by atoms with E-state index in [9.17, 15) is 9.59 Å². The molecule has 4 nitrogen and oxygen atoms in total. The van der Waals surface area contributed by atoms with Crippen LogP contribution in [0.2, 0.25) is 0 Å². The normalized spacial score (nSPS) is 31.7. The lowest BCUT2D eigenvalue weighted by molar-refractivity contribution is -0.144. The van der Waals surface area contributed by atoms with Gasteiger partial charge < -0.3 is 10.1 Å². The molecule has 1 saturated heterocycles. The molecule has 2 atom stereocenters. The summed E-state index contributed by atoms with van der Waals surface area (Å²) in [7, 11) is 1.43. The number of nitrogens with one attached hydrogen (secondary N) is 1. The molecule has 2 fully saturated rings. The molecule has 0 aromatic heterocycles. The summed E-state index contributed by atoms with van der Waals surface area (Å²) < 4.78 is 4.81. The van der Waals surface area contributed by atoms with E-state index in [-0.39, 0.29) is 12.0 Å². The Kier molecular flexibility index (Phi) is 3.59. The zero-order valence-electron chi connectivity index (χ0n) is 9.70. The van der Waals surface area contributed by atoms with Gasteiger partial charge in [-0.15, -0.1) is 0 Å². The minimum atomic E-state index is -0.153. The molecular formula is C12H19NO3. The van der Waals surface area contributed by atoms with Gasteiger partial charge in [0, 0.05) is 12.8 Å². The highest BCUT2D eigenvalue weighted by Crippen LogP contribution is 2.34. The van der Waals surface area contributed by atoms with Gasteiger partial charge in [0.05, 0.1) is 7.11 Å². The summed E-state index contributed by atoms with van der Waals surface area (Å²) in [5, 5.41) is 3.21. The van der Waals surface area contributed by atoms with E-state index in [1.165, 1.54) is 7.11 Å². The number of ether oxygens (including phenoxy) is 1. The Bertz CT molecular complexity index is 280. The molecule has 1 saturated carbocycles. The van der Waals surface area contributed by atoms with E-state index in [1.54, 1.807) is 0 Å². The molecule has 0 unspecified atom stereocenters. The first-order chi connectivity index (χ1) is 7.72. The van der Waals surface area contributed by atoms with Crippen LogP contribution in [0.4, 0.5) is 0 Å². The average Bonchev–Trinajstić information content (AvgIpc) is 2.78. The third kappa shape index (κ3) is 2.26. The molecule has 1 aliphatic heterocycles. The van der Waals surface area contributed by atoms with Crippen LogP contribution in [-0.4, -0.2) is 31.4 Å². The fourth-order valence-corrected chi connectivity index (χ4v) is 3.01. The number of rotatable bonds is 2. The van der Waals surface area contributed by atoms with Gasteiger partial charge in [-0.05, 0) is 37.6 Å². The number of carbonyl (C=O) groups is 2. The molecule has 4 heteroatoms. The van der Waals surface area contributed by atoms with Gasteiger partial charge in [0.25, 0.3) is 0 Å². The maximum Gasteiger partial charge on any atom is 0.323 e. The van der Waals surface area contributed by atoms with Crippen LogP contribution in [0.1, 0.15) is 32.1 Å². The first-order valence-corrected chi connectivity index (χ1v) is 6.05. The second kappa shape index (κ2) is 4.95. The molecule has 0 radical (unpaired) electrons. The number of esters is 1. The van der Waals surface area contributed by atoms with Gasteiger partial charge in [-0.25, -0.2) is 0 Å². The van der Waals surface area contributed by atoms with Crippen LogP contribution in [0.3, 0.4) is 0 Å². The molecular weight excluding hydrogens is 206 g/mol. The molecule has 2 aliphatic rings. The quantitative estimate of drug-likeness (QED) is 0.709. The van der Waals surface area contributed by atoms with E-state index < -0.39 is 0 Å². The molecule has 16 heavy (non-hydrogen) atoms. The Balaban J connectivity index is 1.97. The van der Waals surface area contributed by atoms with Crippen molar-refractivity contribution in [1.29, 1.82) is 0 Å². The highest BCUT2D eigenvalue weighted by molar-refractivity contribution is 5.79. The number of ketones is 1. The summed E-state index contributed by atoms with van der Waals surface area (Å²) >= 11 is 0. The summed E-state index contributed by atoms with van der Waals surface area (Å²) in [6, 6.07) is -0.150. The maximum atomic E-state index is 11.6. The highest BCUT2D eigenvalue weighted by atomic mass is 16.5. The summed E-state index contributed by atoms with van der Waals surface area (Å²) in [5.74, 6) is 1.09. The molecule has 0 spiro atoms. The number of hydrogen-bond acceptors (Lipinski definition) is 4. The van der Waals surface area contributed by atoms with Crippen molar-refractivity contribution in [3.63, 3.8) is 0 Å². The van der Waals surface area contributed by atoms with Crippen molar-refractivity contribution < 1.29 is 14.3 Å². The van der Waals surface area contributed by atoms with E-state index in [0.29, 0.717) is 30.5 Å². The van der Waals surface area contributed by atoms with Gasteiger partial charge in [0.15, 0.2) is 0 Å². The standard InChI is InChI=1S/C12H19NO3/c1-16-12(15)11-10(6-7-13-11)8-2-4-9(14)5-3-8/h8,10-11,13H,2-7H2,1H3/t10-,11-/m0/s1.